The number of halogens is 2. The average molecular weight is 781 g/mol. The lowest BCUT2D eigenvalue weighted by atomic mass is 10.0. The van der Waals surface area contributed by atoms with E-state index in [1.807, 2.05) is 32.0 Å². The van der Waals surface area contributed by atoms with Crippen LogP contribution in [0.3, 0.4) is 0 Å². The summed E-state index contributed by atoms with van der Waals surface area (Å²) >= 11 is 13.5. The lowest BCUT2D eigenvalue weighted by Crippen LogP contribution is -2.25. The molecular formula is C39H47Cl2N7O6. The second-order valence-electron chi connectivity index (χ2n) is 12.4. The first-order valence-electron chi connectivity index (χ1n) is 17.5. The van der Waals surface area contributed by atoms with E-state index >= 15 is 0 Å². The molecule has 0 saturated carbocycles. The average Bonchev–Trinajstić information content (AvgIpc) is 3.16. The molecule has 1 amide bonds. The molecule has 13 nitrogen and oxygen atoms in total. The number of fused-ring (bicyclic) bond motifs is 1. The highest BCUT2D eigenvalue weighted by Gasteiger charge is 2.23. The molecule has 2 heterocycles. The molecule has 0 atom stereocenters. The number of amides is 1. The molecule has 0 saturated heterocycles. The Hall–Kier alpha value is -5.16. The van der Waals surface area contributed by atoms with Crippen LogP contribution in [0.2, 0.25) is 10.0 Å². The fourth-order valence-corrected chi connectivity index (χ4v) is 6.35. The number of allylic oxidation sites excluding steroid dienone is 1. The first-order valence-corrected chi connectivity index (χ1v) is 18.3. The third-order valence-corrected chi connectivity index (χ3v) is 9.20. The maximum Gasteiger partial charge on any atom is 0.290 e. The number of carbonyl (C=O) groups excluding carboxylic acids is 1. The molecule has 2 aromatic carbocycles. The van der Waals surface area contributed by atoms with E-state index in [9.17, 15) is 14.9 Å². The van der Waals surface area contributed by atoms with Crippen LogP contribution >= 0.6 is 23.2 Å². The summed E-state index contributed by atoms with van der Waals surface area (Å²) in [5.41, 5.74) is 2.16. The van der Waals surface area contributed by atoms with Crippen molar-refractivity contribution < 1.29 is 24.2 Å². The second kappa shape index (κ2) is 21.5. The summed E-state index contributed by atoms with van der Waals surface area (Å²) in [5.74, 6) is 0.638. The van der Waals surface area contributed by atoms with Gasteiger partial charge in [0.25, 0.3) is 17.9 Å². The van der Waals surface area contributed by atoms with Gasteiger partial charge in [0.2, 0.25) is 5.95 Å². The van der Waals surface area contributed by atoms with Crippen LogP contribution in [-0.4, -0.2) is 77.3 Å². The molecule has 4 rings (SSSR count). The molecule has 0 aliphatic carbocycles. The normalized spacial score (nSPS) is 11.2. The number of hydrogen-bond acceptors (Lipinski definition) is 10. The summed E-state index contributed by atoms with van der Waals surface area (Å²) in [6.45, 7) is 11.9. The van der Waals surface area contributed by atoms with Gasteiger partial charge in [-0.2, -0.15) is 10.2 Å². The Balaban J connectivity index is 0.00000253. The van der Waals surface area contributed by atoms with Gasteiger partial charge in [0.15, 0.2) is 0 Å². The number of carboxylic acid groups (broad SMARTS) is 1. The summed E-state index contributed by atoms with van der Waals surface area (Å²) in [6, 6.07) is 12.5. The molecule has 3 N–H and O–H groups in total. The number of aromatic nitrogens is 3. The minimum Gasteiger partial charge on any atom is -0.495 e. The molecule has 0 bridgehead atoms. The first kappa shape index (κ1) is 43.2. The molecule has 0 fully saturated rings. The third kappa shape index (κ3) is 11.4. The third-order valence-electron chi connectivity index (χ3n) is 8.45. The van der Waals surface area contributed by atoms with Crippen molar-refractivity contribution in [1.82, 2.24) is 19.4 Å². The van der Waals surface area contributed by atoms with E-state index in [-0.39, 0.29) is 51.2 Å². The van der Waals surface area contributed by atoms with E-state index in [0.717, 1.165) is 38.0 Å². The van der Waals surface area contributed by atoms with Gasteiger partial charge in [0.05, 0.1) is 29.8 Å². The molecule has 0 aliphatic heterocycles. The van der Waals surface area contributed by atoms with E-state index in [1.165, 1.54) is 14.2 Å². The van der Waals surface area contributed by atoms with Crippen LogP contribution in [0.1, 0.15) is 46.1 Å². The first-order chi connectivity index (χ1) is 26.0. The Bertz CT molecular complexity index is 2000. The zero-order valence-electron chi connectivity index (χ0n) is 31.4. The van der Waals surface area contributed by atoms with Crippen LogP contribution < -0.4 is 25.7 Å². The quantitative estimate of drug-likeness (QED) is 0.0425. The summed E-state index contributed by atoms with van der Waals surface area (Å²) < 4.78 is 12.5. The summed E-state index contributed by atoms with van der Waals surface area (Å²) in [7, 11) is 2.95. The van der Waals surface area contributed by atoms with Crippen LogP contribution in [0.25, 0.3) is 22.2 Å². The second-order valence-corrected chi connectivity index (χ2v) is 13.1. The number of methoxy groups -OCH3 is 2. The van der Waals surface area contributed by atoms with Crippen LogP contribution in [0.5, 0.6) is 11.5 Å². The summed E-state index contributed by atoms with van der Waals surface area (Å²) in [6.07, 6.45) is 5.75. The Labute approximate surface area is 325 Å². The molecule has 0 radical (unpaired) electrons. The number of carbonyl (C=O) groups is 2. The smallest absolute Gasteiger partial charge is 0.290 e. The topological polar surface area (TPSA) is 172 Å². The molecular weight excluding hydrogens is 733 g/mol. The van der Waals surface area contributed by atoms with Gasteiger partial charge in [-0.3, -0.25) is 19.0 Å². The molecule has 0 spiro atoms. The lowest BCUT2D eigenvalue weighted by Gasteiger charge is -2.18. The minimum atomic E-state index is -0.465. The summed E-state index contributed by atoms with van der Waals surface area (Å²) in [5, 5.41) is 23.3. The van der Waals surface area contributed by atoms with E-state index in [0.29, 0.717) is 47.1 Å². The van der Waals surface area contributed by atoms with Gasteiger partial charge in [-0.15, -0.1) is 0 Å². The largest absolute Gasteiger partial charge is 0.495 e. The van der Waals surface area contributed by atoms with E-state index < -0.39 is 5.91 Å². The van der Waals surface area contributed by atoms with Crippen molar-refractivity contribution >= 4 is 58.3 Å². The van der Waals surface area contributed by atoms with Crippen molar-refractivity contribution in [2.45, 2.75) is 53.5 Å². The van der Waals surface area contributed by atoms with Gasteiger partial charge in [-0.1, -0.05) is 69.1 Å². The fraction of sp³-hybridized carbons (Fsp3) is 0.385. The number of rotatable bonds is 17. The zero-order chi connectivity index (χ0) is 39.8. The van der Waals surface area contributed by atoms with Crippen LogP contribution in [0.4, 0.5) is 11.6 Å². The monoisotopic (exact) mass is 779 g/mol. The highest BCUT2D eigenvalue weighted by atomic mass is 35.5. The molecule has 15 heteroatoms. The van der Waals surface area contributed by atoms with Crippen LogP contribution in [0.15, 0.2) is 59.0 Å². The number of unbranched alkanes of at least 4 members (excludes halogenated alkanes) is 1. The van der Waals surface area contributed by atoms with Crippen molar-refractivity contribution in [3.63, 3.8) is 0 Å². The predicted molar refractivity (Wildman–Crippen MR) is 214 cm³/mol. The lowest BCUT2D eigenvalue weighted by molar-refractivity contribution is -0.122. The number of ether oxygens (including phenoxy) is 2. The minimum absolute atomic E-state index is 0.0588. The van der Waals surface area contributed by atoms with Gasteiger partial charge in [0.1, 0.15) is 28.8 Å². The van der Waals surface area contributed by atoms with Crippen molar-refractivity contribution in [2.24, 2.45) is 5.92 Å². The predicted octanol–water partition coefficient (Wildman–Crippen LogP) is 7.30. The molecule has 0 unspecified atom stereocenters. The molecule has 54 heavy (non-hydrogen) atoms. The van der Waals surface area contributed by atoms with E-state index in [2.05, 4.69) is 34.4 Å². The highest BCUT2D eigenvalue weighted by molar-refractivity contribution is 6.41. The maximum absolute atomic E-state index is 14.4. The number of benzene rings is 2. The van der Waals surface area contributed by atoms with E-state index in [1.54, 1.807) is 41.1 Å². The van der Waals surface area contributed by atoms with E-state index in [4.69, 9.17) is 47.6 Å². The van der Waals surface area contributed by atoms with Crippen LogP contribution in [0, 0.1) is 17.2 Å². The van der Waals surface area contributed by atoms with Crippen molar-refractivity contribution in [3.8, 4) is 28.7 Å². The van der Waals surface area contributed by atoms with Gasteiger partial charge in [-0.25, -0.2) is 4.98 Å². The highest BCUT2D eigenvalue weighted by Crippen LogP contribution is 2.45. The van der Waals surface area contributed by atoms with Crippen molar-refractivity contribution in [2.75, 3.05) is 51.0 Å². The Morgan fingerprint density at radius 2 is 1.70 bits per heavy atom. The Morgan fingerprint density at radius 1 is 1.07 bits per heavy atom. The molecule has 4 aromatic rings. The standard InChI is InChI=1S/C38H45Cl2N7O4.CH2O2/c1-7-46(8-2)17-10-9-16-42-38-43-23-27-20-29(32-33(39)30(50-5)21-31(51-6)34(32)40)37(49)47(35(27)45-38)18-15-25-11-13-28(14-12-25)44-36(48)26(22-41)19-24(3)4;2-1-3/h11-14,19-21,23-24H,7-10,15-18H2,1-6H3,(H,44,48)(H,42,43,45);1H,(H,2,3). The number of anilines is 2. The van der Waals surface area contributed by atoms with Gasteiger partial charge >= 0.3 is 0 Å². The number of nitriles is 1. The molecule has 288 valence electrons. The van der Waals surface area contributed by atoms with Crippen molar-refractivity contribution in [3.05, 3.63) is 80.2 Å². The maximum atomic E-state index is 14.4. The Morgan fingerprint density at radius 3 is 2.26 bits per heavy atom. The fourth-order valence-electron chi connectivity index (χ4n) is 5.64. The number of nitrogens with zero attached hydrogens (tertiary/aromatic N) is 5. The Kier molecular flexibility index (Phi) is 17.2. The number of aryl methyl sites for hydroxylation is 2. The van der Waals surface area contributed by atoms with Crippen LogP contribution in [-0.2, 0) is 22.6 Å². The van der Waals surface area contributed by atoms with Gasteiger partial charge < -0.3 is 30.1 Å². The summed E-state index contributed by atoms with van der Waals surface area (Å²) in [4.78, 5) is 47.1. The van der Waals surface area contributed by atoms with Gasteiger partial charge in [-0.05, 0) is 68.6 Å². The SMILES string of the molecule is CCN(CC)CCCCNc1ncc2cc(-c3c(Cl)c(OC)cc(OC)c3Cl)c(=O)n(CCc3ccc(NC(=O)C(C#N)=CC(C)C)cc3)c2n1.O=CO. The molecule has 2 aromatic heterocycles. The number of hydrogen-bond donors (Lipinski definition) is 3. The zero-order valence-corrected chi connectivity index (χ0v) is 32.9. The molecule has 0 aliphatic rings. The number of pyridine rings is 1. The van der Waals surface area contributed by atoms with Crippen molar-refractivity contribution in [1.29, 1.82) is 5.26 Å². The van der Waals surface area contributed by atoms with Gasteiger partial charge in [0, 0.05) is 42.0 Å². The number of nitrogens with one attached hydrogen (secondary N) is 2.